The molecular formula is C109H158O24S10. The van der Waals surface area contributed by atoms with Crippen LogP contribution < -0.4 is 4.74 Å². The number of carbonyl (C=O) groups excluding carboxylic acids is 10. The maximum absolute atomic E-state index is 10.8. The Morgan fingerprint density at radius 2 is 0.566 bits per heavy atom. The molecule has 24 nitrogen and oxygen atoms in total. The minimum atomic E-state index is -0.429. The maximum Gasteiger partial charge on any atom is 0.333 e. The number of hydrogen-bond donors (Lipinski definition) is 0. The third-order valence-corrected chi connectivity index (χ3v) is 26.0. The third-order valence-electron chi connectivity index (χ3n) is 16.0. The number of hydrogen-bond acceptors (Lipinski definition) is 34. The van der Waals surface area contributed by atoms with E-state index in [0.29, 0.717) is 103 Å². The highest BCUT2D eigenvalue weighted by Crippen LogP contribution is 2.23. The molecule has 0 amide bonds. The van der Waals surface area contributed by atoms with Crippen molar-refractivity contribution in [1.82, 2.24) is 0 Å². The largest absolute Gasteiger partial charge is 0.490 e. The Balaban J connectivity index is -0.000000496. The molecular weight excluding hydrogens is 2010 g/mol. The van der Waals surface area contributed by atoms with Crippen LogP contribution in [-0.2, 0) is 110 Å². The van der Waals surface area contributed by atoms with Crippen molar-refractivity contribution in [3.05, 3.63) is 272 Å². The van der Waals surface area contributed by atoms with E-state index < -0.39 is 17.9 Å². The molecule has 0 aliphatic rings. The lowest BCUT2D eigenvalue weighted by molar-refractivity contribution is -0.140. The summed E-state index contributed by atoms with van der Waals surface area (Å²) < 4.78 is 69.5. The van der Waals surface area contributed by atoms with Crippen molar-refractivity contribution in [2.45, 2.75) is 142 Å². The van der Waals surface area contributed by atoms with Gasteiger partial charge in [0.05, 0.1) is 66.1 Å². The van der Waals surface area contributed by atoms with Gasteiger partial charge >= 0.3 is 59.7 Å². The Morgan fingerprint density at radius 1 is 0.273 bits per heavy atom. The molecule has 0 aliphatic carbocycles. The molecule has 1 atom stereocenters. The normalized spacial score (nSPS) is 9.87. The van der Waals surface area contributed by atoms with Crippen LogP contribution in [0.15, 0.2) is 296 Å². The smallest absolute Gasteiger partial charge is 0.333 e. The van der Waals surface area contributed by atoms with Gasteiger partial charge < -0.3 is 66.3 Å². The van der Waals surface area contributed by atoms with Crippen LogP contribution in [0.1, 0.15) is 112 Å². The first kappa shape index (κ1) is 143. The lowest BCUT2D eigenvalue weighted by Crippen LogP contribution is -2.12. The van der Waals surface area contributed by atoms with Crippen molar-refractivity contribution in [3.8, 4) is 5.75 Å². The van der Waals surface area contributed by atoms with Gasteiger partial charge in [0.25, 0.3) is 0 Å². The topological polar surface area (TPSA) is 300 Å². The van der Waals surface area contributed by atoms with Crippen LogP contribution in [-0.4, -0.2) is 259 Å². The van der Waals surface area contributed by atoms with Crippen molar-refractivity contribution >= 4 is 177 Å². The Bertz CT molecular complexity index is 4010. The van der Waals surface area contributed by atoms with E-state index in [1.54, 1.807) is 77.5 Å². The second-order valence-corrected chi connectivity index (χ2v) is 39.4. The van der Waals surface area contributed by atoms with E-state index in [9.17, 15) is 47.9 Å². The predicted molar refractivity (Wildman–Crippen MR) is 607 cm³/mol. The van der Waals surface area contributed by atoms with Gasteiger partial charge in [-0.15, -0.1) is 58.8 Å². The summed E-state index contributed by atoms with van der Waals surface area (Å²) in [5.74, 6) is 9.31. The van der Waals surface area contributed by atoms with E-state index in [2.05, 4.69) is 143 Å². The Hall–Kier alpha value is -8.62. The van der Waals surface area contributed by atoms with E-state index in [1.165, 1.54) is 105 Å². The number of benzene rings is 5. The molecule has 0 fully saturated rings. The molecule has 0 N–H and O–H groups in total. The van der Waals surface area contributed by atoms with Gasteiger partial charge in [0.15, 0.2) is 0 Å². The predicted octanol–water partition coefficient (Wildman–Crippen LogP) is 24.6. The lowest BCUT2D eigenvalue weighted by Gasteiger charge is -2.12. The van der Waals surface area contributed by atoms with Crippen LogP contribution in [0.3, 0.4) is 0 Å². The van der Waals surface area contributed by atoms with Crippen LogP contribution in [0.4, 0.5) is 0 Å². The Kier molecular flexibility index (Phi) is 115. The molecule has 0 radical (unpaired) electrons. The molecule has 0 spiro atoms. The molecule has 5 rings (SSSR count). The van der Waals surface area contributed by atoms with Gasteiger partial charge in [-0.25, -0.2) is 47.9 Å². The van der Waals surface area contributed by atoms with Crippen LogP contribution in [0.5, 0.6) is 5.75 Å². The molecule has 34 heteroatoms. The Labute approximate surface area is 897 Å². The van der Waals surface area contributed by atoms with Gasteiger partial charge in [0.1, 0.15) is 52.0 Å². The highest BCUT2D eigenvalue weighted by Gasteiger charge is 2.09. The lowest BCUT2D eigenvalue weighted by atomic mass is 10.2. The fourth-order valence-electron chi connectivity index (χ4n) is 8.87. The summed E-state index contributed by atoms with van der Waals surface area (Å²) in [4.78, 5) is 113. The zero-order valence-electron chi connectivity index (χ0n) is 85.4. The first-order valence-electron chi connectivity index (χ1n) is 46.9. The Morgan fingerprint density at radius 3 is 0.930 bits per heavy atom. The highest BCUT2D eigenvalue weighted by atomic mass is 32.2. The second-order valence-electron chi connectivity index (χ2n) is 27.4. The zero-order chi connectivity index (χ0) is 107. The number of rotatable bonds is 70. The third kappa shape index (κ3) is 110. The molecule has 143 heavy (non-hydrogen) atoms. The van der Waals surface area contributed by atoms with Gasteiger partial charge in [0.2, 0.25) is 0 Å². The number of unbranched alkanes of at least 4 members (excludes halogenated alkanes) is 3. The van der Waals surface area contributed by atoms with Crippen molar-refractivity contribution < 1.29 is 114 Å². The van der Waals surface area contributed by atoms with E-state index >= 15 is 0 Å². The molecule has 0 heterocycles. The van der Waals surface area contributed by atoms with Crippen molar-refractivity contribution in [2.75, 3.05) is 194 Å². The van der Waals surface area contributed by atoms with Gasteiger partial charge in [-0.1, -0.05) is 192 Å². The van der Waals surface area contributed by atoms with Crippen LogP contribution >= 0.6 is 118 Å². The van der Waals surface area contributed by atoms with Crippen LogP contribution in [0, 0.1) is 0 Å². The fraction of sp³-hybridized carbons (Fsp3) is 0.450. The summed E-state index contributed by atoms with van der Waals surface area (Å²) in [6, 6.07) is 48.3. The number of ether oxygens (including phenoxy) is 14. The van der Waals surface area contributed by atoms with Crippen molar-refractivity contribution in [3.63, 3.8) is 0 Å². The molecule has 0 aromatic heterocycles. The van der Waals surface area contributed by atoms with Crippen molar-refractivity contribution in [2.24, 2.45) is 0 Å². The molecule has 0 saturated carbocycles. The quantitative estimate of drug-likeness (QED) is 0.0115. The van der Waals surface area contributed by atoms with Crippen LogP contribution in [0.25, 0.3) is 0 Å². The van der Waals surface area contributed by atoms with E-state index in [-0.39, 0.29) is 61.6 Å². The van der Waals surface area contributed by atoms with Gasteiger partial charge in [0, 0.05) is 125 Å². The summed E-state index contributed by atoms with van der Waals surface area (Å²) >= 11 is 17.8. The van der Waals surface area contributed by atoms with Crippen LogP contribution in [0.2, 0.25) is 0 Å². The summed E-state index contributed by atoms with van der Waals surface area (Å²) in [5, 5.41) is 0.614. The summed E-state index contributed by atoms with van der Waals surface area (Å²) in [5.41, 5.74) is 0.464. The molecule has 5 aromatic carbocycles. The second kappa shape index (κ2) is 115. The average Bonchev–Trinajstić information content (AvgIpc) is 0.891. The first-order valence-corrected chi connectivity index (χ1v) is 58.0. The highest BCUT2D eigenvalue weighted by molar-refractivity contribution is 8.01. The molecule has 0 bridgehead atoms. The SMILES string of the molecule is C=C(C)C(=O)OCCSCC.C=CC(=O)OCCC(CCC)SC.C=CC(=O)OCCCCSCC.C=CC(=O)OCCCSCCCC.C=CC(=O)OCCCSc1ccccc1.C=CC(=O)OCCOCCOCCSc1ccccc1.C=CC(=O)OCCOCCSc1ccccc1.C=CC(=O)OCCOc1ccc(SC)cc1.C=CC(=O)OCCSCCCC.C=CC(=O)OCCSc1ccccc1. The van der Waals surface area contributed by atoms with E-state index in [1.807, 2.05) is 162 Å². The summed E-state index contributed by atoms with van der Waals surface area (Å²) in [6.07, 6.45) is 26.8. The summed E-state index contributed by atoms with van der Waals surface area (Å²) in [7, 11) is 0. The van der Waals surface area contributed by atoms with E-state index in [0.717, 1.165) is 119 Å². The van der Waals surface area contributed by atoms with Crippen molar-refractivity contribution in [1.29, 1.82) is 0 Å². The van der Waals surface area contributed by atoms with Gasteiger partial charge in [-0.05, 0) is 178 Å². The standard InChI is InChI=1S/C15H20O4S.C13H16O3S.C12H14O3S.C12H14O2S.C11H12O2S.2C10H18O2S.2C9H16O2S.C8H14O2S/c1-2-15(16)19-11-10-17-8-9-18-12-13-20-14-6-4-3-5-7-14;1-2-13(14)16-9-8-15-10-11-17-12-6-4-3-5-7-12;1-3-12(13)15-9-8-14-10-4-6-11(16-2)7-5-10;1-2-12(13)14-9-6-10-15-11-7-4-3-5-8-11;1-2-11(12)13-8-9-14-10-6-4-3-5-7-10;1-4-6-9(13-3)7-8-12-10(11)5-2;1-3-5-8-13-9-6-7-12-10(11)4-2;1-3-9(10)11-7-5-6-8-12-4-2;1-3-5-7-12-8-6-11-9(10)4-2;1-4-11-6-5-10-8(9)7(2)3/h2-7H,1,8-13H2;2-7H,1,8-11H2;3-7H,1,8-9H2,2H3;2-5,7-8H,1,6,9-10H2;2-7H,1,8-9H2;5,9H,2,4,6-8H2,1,3H3;4H,2-3,5-9H2,1H3;3H,1,4-8H2,2H3;4H,2-3,5-8H2,1H3;2,4-6H2,1,3H3. The average molecular weight is 2170 g/mol. The zero-order valence-corrected chi connectivity index (χ0v) is 93.5. The maximum atomic E-state index is 10.8. The number of carbonyl (C=O) groups is 10. The molecule has 1 unspecified atom stereocenters. The number of thioether (sulfide) groups is 10. The summed E-state index contributed by atoms with van der Waals surface area (Å²) in [6.45, 7) is 53.4. The number of esters is 10. The van der Waals surface area contributed by atoms with Gasteiger partial charge in [-0.2, -0.15) is 58.8 Å². The van der Waals surface area contributed by atoms with Gasteiger partial charge in [-0.3, -0.25) is 0 Å². The fourth-order valence-corrected chi connectivity index (χ4v) is 16.4. The minimum Gasteiger partial charge on any atom is -0.490 e. The molecule has 798 valence electrons. The van der Waals surface area contributed by atoms with E-state index in [4.69, 9.17) is 66.3 Å². The minimum absolute atomic E-state index is 0.231. The molecule has 5 aromatic rings. The first-order chi connectivity index (χ1) is 69.4. The molecule has 0 saturated heterocycles. The monoisotopic (exact) mass is 2170 g/mol. The molecule has 0 aliphatic heterocycles.